The fourth-order valence-electron chi connectivity index (χ4n) is 2.68. The first kappa shape index (κ1) is 19.4. The fourth-order valence-corrected chi connectivity index (χ4v) is 5.78. The molecule has 118 valence electrons. The molecule has 0 saturated carbocycles. The molecule has 0 amide bonds. The molecule has 0 unspecified atom stereocenters. The van der Waals surface area contributed by atoms with Gasteiger partial charge in [-0.05, 0) is 0 Å². The van der Waals surface area contributed by atoms with E-state index in [0.717, 1.165) is 12.8 Å². The van der Waals surface area contributed by atoms with Crippen LogP contribution < -0.4 is 0 Å². The summed E-state index contributed by atoms with van der Waals surface area (Å²) in [5, 5.41) is 0. The summed E-state index contributed by atoms with van der Waals surface area (Å²) >= 11 is 0. The molecule has 0 radical (unpaired) electrons. The Kier molecular flexibility index (Phi) is 8.75. The summed E-state index contributed by atoms with van der Waals surface area (Å²) in [4.78, 5) is 21.6. The van der Waals surface area contributed by atoms with Crippen LogP contribution in [0.4, 0.5) is 0 Å². The molecule has 0 rings (SSSR count). The molecule has 0 heterocycles. The second-order valence-electron chi connectivity index (χ2n) is 6.73. The quantitative estimate of drug-likeness (QED) is 0.400. The molecule has 2 nitrogen and oxygen atoms in total. The van der Waals surface area contributed by atoms with Crippen LogP contribution in [0.3, 0.4) is 0 Å². The SMILES string of the molecule is CCCCCCCCCCP(O)(O)(C(C)C)C(C)C. The zero-order valence-corrected chi connectivity index (χ0v) is 14.8. The zero-order valence-electron chi connectivity index (χ0n) is 13.9. The minimum atomic E-state index is -3.46. The van der Waals surface area contributed by atoms with Crippen molar-refractivity contribution in [1.29, 1.82) is 0 Å². The predicted molar refractivity (Wildman–Crippen MR) is 89.1 cm³/mol. The van der Waals surface area contributed by atoms with Crippen LogP contribution in [0.1, 0.15) is 86.0 Å². The number of hydrogen-bond donors (Lipinski definition) is 2. The van der Waals surface area contributed by atoms with E-state index in [-0.39, 0.29) is 11.3 Å². The number of hydrogen-bond acceptors (Lipinski definition) is 2. The van der Waals surface area contributed by atoms with Gasteiger partial charge < -0.3 is 0 Å². The van der Waals surface area contributed by atoms with Crippen molar-refractivity contribution in [3.63, 3.8) is 0 Å². The molecule has 0 aliphatic rings. The average molecular weight is 292 g/mol. The molecule has 2 N–H and O–H groups in total. The van der Waals surface area contributed by atoms with E-state index >= 15 is 0 Å². The Bertz CT molecular complexity index is 225. The molecule has 3 heteroatoms. The van der Waals surface area contributed by atoms with Crippen LogP contribution in [0.2, 0.25) is 0 Å². The molecule has 0 atom stereocenters. The van der Waals surface area contributed by atoms with Crippen molar-refractivity contribution < 1.29 is 9.79 Å². The van der Waals surface area contributed by atoms with E-state index in [9.17, 15) is 9.79 Å². The van der Waals surface area contributed by atoms with Gasteiger partial charge in [0.1, 0.15) is 0 Å². The fraction of sp³-hybridized carbons (Fsp3) is 1.00. The Labute approximate surface area is 121 Å². The molecule has 0 spiro atoms. The Balaban J connectivity index is 3.91. The van der Waals surface area contributed by atoms with E-state index in [0.29, 0.717) is 6.16 Å². The number of unbranched alkanes of at least 4 members (excludes halogenated alkanes) is 7. The van der Waals surface area contributed by atoms with Crippen molar-refractivity contribution in [3.05, 3.63) is 0 Å². The van der Waals surface area contributed by atoms with Crippen molar-refractivity contribution in [1.82, 2.24) is 0 Å². The van der Waals surface area contributed by atoms with Crippen molar-refractivity contribution in [2.75, 3.05) is 6.16 Å². The third-order valence-corrected chi connectivity index (χ3v) is 10.5. The van der Waals surface area contributed by atoms with Gasteiger partial charge in [-0.15, -0.1) is 0 Å². The minimum absolute atomic E-state index is 0.00412. The summed E-state index contributed by atoms with van der Waals surface area (Å²) in [7, 11) is -3.46. The summed E-state index contributed by atoms with van der Waals surface area (Å²) in [6.45, 7) is 10.1. The van der Waals surface area contributed by atoms with Crippen LogP contribution in [0.5, 0.6) is 0 Å². The van der Waals surface area contributed by atoms with Gasteiger partial charge in [0.05, 0.1) is 0 Å². The van der Waals surface area contributed by atoms with Gasteiger partial charge in [0.15, 0.2) is 0 Å². The summed E-state index contributed by atoms with van der Waals surface area (Å²) in [5.41, 5.74) is -0.00823. The van der Waals surface area contributed by atoms with Crippen molar-refractivity contribution in [2.45, 2.75) is 97.3 Å². The van der Waals surface area contributed by atoms with Crippen molar-refractivity contribution >= 4 is 7.06 Å². The van der Waals surface area contributed by atoms with Gasteiger partial charge in [0.25, 0.3) is 0 Å². The molecule has 0 fully saturated rings. The normalized spacial score (nSPS) is 14.9. The molecular formula is C16H37O2P. The van der Waals surface area contributed by atoms with Crippen LogP contribution in [0.25, 0.3) is 0 Å². The van der Waals surface area contributed by atoms with E-state index in [2.05, 4.69) is 6.92 Å². The first-order valence-electron chi connectivity index (χ1n) is 8.25. The Morgan fingerprint density at radius 1 is 0.684 bits per heavy atom. The van der Waals surface area contributed by atoms with Crippen molar-refractivity contribution in [3.8, 4) is 0 Å². The van der Waals surface area contributed by atoms with Crippen LogP contribution in [0.15, 0.2) is 0 Å². The molecule has 19 heavy (non-hydrogen) atoms. The molecule has 0 aliphatic carbocycles. The van der Waals surface area contributed by atoms with Gasteiger partial charge in [-0.25, -0.2) is 0 Å². The zero-order chi connectivity index (χ0) is 15.0. The monoisotopic (exact) mass is 292 g/mol. The predicted octanol–water partition coefficient (Wildman–Crippen LogP) is 5.31. The third kappa shape index (κ3) is 6.10. The second-order valence-corrected chi connectivity index (χ2v) is 11.9. The molecule has 0 saturated heterocycles. The first-order valence-corrected chi connectivity index (χ1v) is 10.7. The van der Waals surface area contributed by atoms with Crippen molar-refractivity contribution in [2.24, 2.45) is 0 Å². The summed E-state index contributed by atoms with van der Waals surface area (Å²) < 4.78 is 0. The van der Waals surface area contributed by atoms with Gasteiger partial charge >= 0.3 is 120 Å². The van der Waals surface area contributed by atoms with Gasteiger partial charge in [0, 0.05) is 0 Å². The standard InChI is InChI=1S/C16H37O2P/c1-6-7-8-9-10-11-12-13-14-19(17,18,15(2)3)16(4)5/h15-18H,6-14H2,1-5H3. The maximum absolute atomic E-state index is 10.8. The first-order chi connectivity index (χ1) is 8.74. The Morgan fingerprint density at radius 3 is 1.42 bits per heavy atom. The van der Waals surface area contributed by atoms with E-state index in [1.165, 1.54) is 38.5 Å². The maximum atomic E-state index is 10.8. The summed E-state index contributed by atoms with van der Waals surface area (Å²) in [5.74, 6) is 0. The molecule has 0 aromatic heterocycles. The summed E-state index contributed by atoms with van der Waals surface area (Å²) in [6, 6.07) is 0. The second kappa shape index (κ2) is 8.60. The molecule has 0 aromatic carbocycles. The van der Waals surface area contributed by atoms with E-state index in [1.807, 2.05) is 27.7 Å². The van der Waals surface area contributed by atoms with Gasteiger partial charge in [-0.2, -0.15) is 0 Å². The van der Waals surface area contributed by atoms with Gasteiger partial charge in [-0.3, -0.25) is 0 Å². The Morgan fingerprint density at radius 2 is 1.05 bits per heavy atom. The molecular weight excluding hydrogens is 255 g/mol. The van der Waals surface area contributed by atoms with E-state index in [4.69, 9.17) is 0 Å². The molecule has 0 bridgehead atoms. The van der Waals surface area contributed by atoms with Crippen LogP contribution in [0, 0.1) is 0 Å². The van der Waals surface area contributed by atoms with E-state index < -0.39 is 7.06 Å². The molecule has 0 aliphatic heterocycles. The Hall–Kier alpha value is 0.350. The van der Waals surface area contributed by atoms with E-state index in [1.54, 1.807) is 0 Å². The topological polar surface area (TPSA) is 40.5 Å². The third-order valence-electron chi connectivity index (χ3n) is 4.72. The number of rotatable bonds is 11. The van der Waals surface area contributed by atoms with Crippen LogP contribution in [-0.2, 0) is 0 Å². The molecule has 0 aromatic rings. The van der Waals surface area contributed by atoms with Crippen LogP contribution >= 0.6 is 7.06 Å². The van der Waals surface area contributed by atoms with Crippen LogP contribution in [-0.4, -0.2) is 27.3 Å². The van der Waals surface area contributed by atoms with Gasteiger partial charge in [0.2, 0.25) is 0 Å². The van der Waals surface area contributed by atoms with Gasteiger partial charge in [-0.1, -0.05) is 0 Å². The summed E-state index contributed by atoms with van der Waals surface area (Å²) in [6.07, 6.45) is 10.6. The average Bonchev–Trinajstić information content (AvgIpc) is 2.32.